The molecular formula is C50H84Cl8N8O18. The van der Waals surface area contributed by atoms with E-state index in [0.717, 1.165) is 90.3 Å². The lowest BCUT2D eigenvalue weighted by molar-refractivity contribution is -0.0244. The highest BCUT2D eigenvalue weighted by Crippen LogP contribution is 2.40. The number of alkyl carbamates (subject to hydrolysis) is 3. The fraction of sp³-hybridized carbons (Fsp3) is 0.840. The number of ether oxygens (including phenoxy) is 10. The van der Waals surface area contributed by atoms with Crippen molar-refractivity contribution in [1.82, 2.24) is 40.4 Å². The quantitative estimate of drug-likeness (QED) is 0.108. The van der Waals surface area contributed by atoms with Gasteiger partial charge in [-0.25, -0.2) is 38.4 Å². The normalized spacial score (nSPS) is 19.4. The van der Waals surface area contributed by atoms with E-state index in [0.29, 0.717) is 50.5 Å². The van der Waals surface area contributed by atoms with Gasteiger partial charge in [-0.1, -0.05) is 107 Å². The van der Waals surface area contributed by atoms with E-state index in [1.54, 1.807) is 40.8 Å². The van der Waals surface area contributed by atoms with Crippen LogP contribution in [0.5, 0.6) is 0 Å². The van der Waals surface area contributed by atoms with Crippen LogP contribution < -0.4 is 16.0 Å². The Morgan fingerprint density at radius 2 is 0.929 bits per heavy atom. The van der Waals surface area contributed by atoms with Crippen molar-refractivity contribution in [3.05, 3.63) is 0 Å². The summed E-state index contributed by atoms with van der Waals surface area (Å²) in [6, 6.07) is 1.19. The van der Waals surface area contributed by atoms with Gasteiger partial charge >= 0.3 is 48.7 Å². The predicted octanol–water partition coefficient (Wildman–Crippen LogP) is 10.6. The Bertz CT molecular complexity index is 1880. The maximum atomic E-state index is 11.1. The van der Waals surface area contributed by atoms with Crippen LogP contribution in [0.3, 0.4) is 0 Å². The summed E-state index contributed by atoms with van der Waals surface area (Å²) in [4.78, 5) is 94.6. The van der Waals surface area contributed by atoms with E-state index in [2.05, 4.69) is 67.7 Å². The minimum atomic E-state index is -0.483. The molecule has 4 aliphatic heterocycles. The molecule has 3 N–H and O–H groups in total. The molecule has 8 amide bonds. The number of likely N-dealkylation sites (tertiary alicyclic amines) is 3. The SMILES string of the molecule is CC1(C)CCC1NC(=O)OCCl.CN(C(=O)OCCl)C1CC1.CN(C(=O)OCCl)C1CCC1.COC1CN(C(=O)OCCl)C1.C[C@H]1CCCN1C(=O)OCCl.O=C(NC1CCC1)OCCl.O=C(NC1COC1)OCCl.O=C(OCCl)N1CCC1. The summed E-state index contributed by atoms with van der Waals surface area (Å²) >= 11 is 41.5. The van der Waals surface area contributed by atoms with Crippen molar-refractivity contribution in [2.75, 3.05) is 116 Å². The Labute approximate surface area is 532 Å². The van der Waals surface area contributed by atoms with Crippen LogP contribution in [-0.2, 0) is 47.4 Å². The van der Waals surface area contributed by atoms with Gasteiger partial charge in [-0.2, -0.15) is 0 Å². The summed E-state index contributed by atoms with van der Waals surface area (Å²) in [5.41, 5.74) is 0.214. The molecule has 488 valence electrons. The Morgan fingerprint density at radius 3 is 1.24 bits per heavy atom. The van der Waals surface area contributed by atoms with Crippen molar-refractivity contribution in [3.8, 4) is 0 Å². The largest absolute Gasteiger partial charge is 0.433 e. The van der Waals surface area contributed by atoms with Crippen LogP contribution in [0.25, 0.3) is 0 Å². The lowest BCUT2D eigenvalue weighted by atomic mass is 9.67. The first-order valence-corrected chi connectivity index (χ1v) is 31.3. The minimum absolute atomic E-state index is 0.0463. The molecule has 0 spiro atoms. The van der Waals surface area contributed by atoms with Gasteiger partial charge < -0.3 is 87.8 Å². The number of halogens is 8. The van der Waals surface area contributed by atoms with E-state index < -0.39 is 18.3 Å². The molecule has 8 aliphatic rings. The number of methoxy groups -OCH3 is 1. The lowest BCUT2D eigenvalue weighted by Crippen LogP contribution is -2.54. The van der Waals surface area contributed by atoms with E-state index in [1.165, 1.54) is 17.7 Å². The molecule has 8 fully saturated rings. The third-order valence-corrected chi connectivity index (χ3v) is 14.7. The van der Waals surface area contributed by atoms with E-state index in [4.69, 9.17) is 102 Å². The molecule has 8 rings (SSSR count). The van der Waals surface area contributed by atoms with Gasteiger partial charge in [0, 0.05) is 71.0 Å². The molecule has 4 saturated heterocycles. The Kier molecular flexibility index (Phi) is 42.6. The van der Waals surface area contributed by atoms with Gasteiger partial charge in [-0.3, -0.25) is 0 Å². The van der Waals surface area contributed by atoms with Crippen molar-refractivity contribution in [1.29, 1.82) is 0 Å². The smallest absolute Gasteiger partial charge is 0.411 e. The summed E-state index contributed by atoms with van der Waals surface area (Å²) in [5, 5.41) is 7.98. The van der Waals surface area contributed by atoms with Crippen molar-refractivity contribution in [2.45, 2.75) is 147 Å². The monoisotopic (exact) mass is 1360 g/mol. The van der Waals surface area contributed by atoms with Crippen molar-refractivity contribution in [3.63, 3.8) is 0 Å². The average Bonchev–Trinajstić information content (AvgIpc) is 4.28. The number of rotatable bonds is 14. The molecule has 4 heterocycles. The molecule has 0 radical (unpaired) electrons. The van der Waals surface area contributed by atoms with Crippen LogP contribution >= 0.6 is 92.8 Å². The van der Waals surface area contributed by atoms with Crippen molar-refractivity contribution >= 4 is 142 Å². The molecule has 4 saturated carbocycles. The van der Waals surface area contributed by atoms with Crippen LogP contribution in [0.2, 0.25) is 0 Å². The topological polar surface area (TPSA) is 281 Å². The van der Waals surface area contributed by atoms with Gasteiger partial charge in [-0.15, -0.1) is 0 Å². The fourth-order valence-electron chi connectivity index (χ4n) is 7.43. The van der Waals surface area contributed by atoms with Crippen LogP contribution in [0.1, 0.15) is 104 Å². The maximum absolute atomic E-state index is 11.1. The number of amides is 8. The number of hydrogen-bond acceptors (Lipinski definition) is 18. The molecule has 84 heavy (non-hydrogen) atoms. The Balaban J connectivity index is 0.000000481. The zero-order chi connectivity index (χ0) is 63.0. The van der Waals surface area contributed by atoms with Crippen molar-refractivity contribution in [2.24, 2.45) is 5.41 Å². The van der Waals surface area contributed by atoms with E-state index in [-0.39, 0.29) is 103 Å². The zero-order valence-corrected chi connectivity index (χ0v) is 54.5. The van der Waals surface area contributed by atoms with E-state index >= 15 is 0 Å². The molecule has 0 bridgehead atoms. The highest BCUT2D eigenvalue weighted by Gasteiger charge is 2.39. The van der Waals surface area contributed by atoms with E-state index in [1.807, 2.05) is 6.92 Å². The number of carbonyl (C=O) groups excluding carboxylic acids is 8. The Morgan fingerprint density at radius 1 is 0.500 bits per heavy atom. The first kappa shape index (κ1) is 78.4. The summed E-state index contributed by atoms with van der Waals surface area (Å²) in [6.07, 6.45) is 11.6. The van der Waals surface area contributed by atoms with Gasteiger partial charge in [0.25, 0.3) is 0 Å². The molecule has 0 aromatic rings. The number of nitrogens with one attached hydrogen (secondary N) is 3. The second-order valence-electron chi connectivity index (χ2n) is 19.9. The third kappa shape index (κ3) is 32.9. The Hall–Kier alpha value is -3.60. The number of carbonyl (C=O) groups is 8. The van der Waals surface area contributed by atoms with Gasteiger partial charge in [0.2, 0.25) is 0 Å². The van der Waals surface area contributed by atoms with Crippen LogP contribution in [-0.4, -0.2) is 231 Å². The highest BCUT2D eigenvalue weighted by molar-refractivity contribution is 6.19. The molecule has 34 heteroatoms. The van der Waals surface area contributed by atoms with Gasteiger partial charge in [0.1, 0.15) is 0 Å². The fourth-order valence-corrected chi connectivity index (χ4v) is 8.19. The number of alkyl halides is 8. The van der Waals surface area contributed by atoms with E-state index in [9.17, 15) is 38.4 Å². The predicted molar refractivity (Wildman–Crippen MR) is 316 cm³/mol. The summed E-state index contributed by atoms with van der Waals surface area (Å²) < 4.78 is 46.1. The second-order valence-corrected chi connectivity index (χ2v) is 21.7. The summed E-state index contributed by atoms with van der Waals surface area (Å²) in [5.74, 6) is 0. The molecule has 26 nitrogen and oxygen atoms in total. The molecule has 1 unspecified atom stereocenters. The molecular weight excluding hydrogens is 1280 g/mol. The summed E-state index contributed by atoms with van der Waals surface area (Å²) in [6.45, 7) is 11.0. The standard InChI is InChI=1S/C8H14ClNO2.2C7H12ClNO2.C6H10ClNO3.2C6H10ClNO2.C5H8ClNO3.C5H8ClNO2/c1-8(2)4-3-6(8)10-7(11)12-5-9;1-9(6-3-2-4-6)7(10)11-5-8;1-6-3-2-4-9(6)7(10)11-5-8;1-10-5-2-8(3-5)6(9)11-4-7;1-8(5-2-3-5)6(9)10-4-7;7-4-10-6(9)8-5-2-1-3-5;6-3-10-5(8)7-4-1-9-2-4;6-4-9-5(8)7-2-1-3-7/h6H,3-5H2,1-2H3,(H,10,11);2*6H,2-5H2,1H3;5H,2-4H2,1H3;5H,2-4H2,1H3;5H,1-4H2,(H,8,9);4H,1-3H2,(H,7,8);1-4H2/t;;6-;;;;;/m..0...../s1. The van der Waals surface area contributed by atoms with Gasteiger partial charge in [0.05, 0.1) is 38.4 Å². The minimum Gasteiger partial charge on any atom is -0.433 e. The van der Waals surface area contributed by atoms with Gasteiger partial charge in [-0.05, 0) is 95.8 Å². The zero-order valence-electron chi connectivity index (χ0n) is 48.4. The second kappa shape index (κ2) is 45.6. The maximum Gasteiger partial charge on any atom is 0.411 e. The van der Waals surface area contributed by atoms with Crippen LogP contribution in [0.15, 0.2) is 0 Å². The molecule has 0 aromatic carbocycles. The summed E-state index contributed by atoms with van der Waals surface area (Å²) in [7, 11) is 5.10. The number of hydrogen-bond donors (Lipinski definition) is 3. The first-order valence-electron chi connectivity index (χ1n) is 27.0. The lowest BCUT2D eigenvalue weighted by Gasteiger charge is -2.44. The number of nitrogens with zero attached hydrogens (tertiary/aromatic N) is 5. The van der Waals surface area contributed by atoms with Gasteiger partial charge in [0.15, 0.2) is 48.5 Å². The van der Waals surface area contributed by atoms with Crippen LogP contribution in [0.4, 0.5) is 38.4 Å². The molecule has 0 aromatic heterocycles. The third-order valence-electron chi connectivity index (χ3n) is 13.8. The molecule has 2 atom stereocenters. The first-order chi connectivity index (χ1) is 40.1. The highest BCUT2D eigenvalue weighted by atomic mass is 35.5. The average molecular weight is 1370 g/mol. The van der Waals surface area contributed by atoms with Crippen LogP contribution in [0, 0.1) is 5.41 Å². The molecule has 4 aliphatic carbocycles. The van der Waals surface area contributed by atoms with Crippen molar-refractivity contribution < 1.29 is 85.7 Å².